The Morgan fingerprint density at radius 3 is 2.48 bits per heavy atom. The molecular weight excluding hydrogens is 308 g/mol. The number of hydrogen-bond donors (Lipinski definition) is 1. The largest absolute Gasteiger partial charge is 0.392 e. The van der Waals surface area contributed by atoms with E-state index in [-0.39, 0.29) is 17.6 Å². The van der Waals surface area contributed by atoms with Crippen LogP contribution in [0.5, 0.6) is 0 Å². The number of fused-ring (bicyclic) bond motifs is 3. The van der Waals surface area contributed by atoms with Gasteiger partial charge >= 0.3 is 0 Å². The van der Waals surface area contributed by atoms with Crippen LogP contribution in [0.1, 0.15) is 56.6 Å². The number of nitrogens with zero attached hydrogens (tertiary/aromatic N) is 2. The van der Waals surface area contributed by atoms with Gasteiger partial charge in [0.05, 0.1) is 30.4 Å². The van der Waals surface area contributed by atoms with Crippen molar-refractivity contribution < 1.29 is 5.11 Å². The zero-order valence-corrected chi connectivity index (χ0v) is 14.6. The standard InChI is InChI=1S/C22H26N2O/c25-21(22-9-14-5-15(10-22)7-16(6-14)11-22)8-19-17-3-1-2-4-18(17)20-12-23-13-24(19)20/h1-4,12-16,19,21,25H,5-11H2/t14?,15?,16?,19-,21+,22?/m1/s1. The van der Waals surface area contributed by atoms with Crippen LogP contribution in [0.25, 0.3) is 11.3 Å². The minimum Gasteiger partial charge on any atom is -0.392 e. The van der Waals surface area contributed by atoms with Gasteiger partial charge in [-0.3, -0.25) is 0 Å². The molecule has 3 nitrogen and oxygen atoms in total. The first-order valence-electron chi connectivity index (χ1n) is 10.0. The molecule has 3 heteroatoms. The lowest BCUT2D eigenvalue weighted by molar-refractivity contribution is -0.124. The fourth-order valence-corrected chi connectivity index (χ4v) is 7.22. The highest BCUT2D eigenvalue weighted by Crippen LogP contribution is 2.62. The second kappa shape index (κ2) is 4.97. The molecular formula is C22H26N2O. The lowest BCUT2D eigenvalue weighted by Crippen LogP contribution is -2.52. The van der Waals surface area contributed by atoms with E-state index < -0.39 is 0 Å². The van der Waals surface area contributed by atoms with Crippen molar-refractivity contribution in [2.24, 2.45) is 23.2 Å². The maximum atomic E-state index is 11.4. The van der Waals surface area contributed by atoms with Gasteiger partial charge in [-0.05, 0) is 73.7 Å². The maximum Gasteiger partial charge on any atom is 0.0956 e. The van der Waals surface area contributed by atoms with Gasteiger partial charge in [0.1, 0.15) is 0 Å². The van der Waals surface area contributed by atoms with Crippen molar-refractivity contribution in [3.8, 4) is 11.3 Å². The van der Waals surface area contributed by atoms with Crippen LogP contribution in [0.2, 0.25) is 0 Å². The number of imidazole rings is 1. The van der Waals surface area contributed by atoms with Gasteiger partial charge in [0.25, 0.3) is 0 Å². The van der Waals surface area contributed by atoms with Gasteiger partial charge in [-0.2, -0.15) is 0 Å². The van der Waals surface area contributed by atoms with Crippen LogP contribution in [0, 0.1) is 23.2 Å². The normalized spacial score (nSPS) is 38.6. The van der Waals surface area contributed by atoms with Crippen LogP contribution in [0.3, 0.4) is 0 Å². The molecule has 1 N–H and O–H groups in total. The number of rotatable bonds is 3. The molecule has 0 unspecified atom stereocenters. The van der Waals surface area contributed by atoms with Gasteiger partial charge in [0.15, 0.2) is 0 Å². The second-order valence-electron chi connectivity index (χ2n) is 9.32. The van der Waals surface area contributed by atoms with Gasteiger partial charge in [0, 0.05) is 5.56 Å². The first-order valence-corrected chi connectivity index (χ1v) is 10.0. The topological polar surface area (TPSA) is 38.1 Å². The molecule has 1 aliphatic heterocycles. The third kappa shape index (κ3) is 1.99. The zero-order valence-electron chi connectivity index (χ0n) is 14.6. The SMILES string of the molecule is O[C@@H](C[C@@H]1c2ccccc2-c2cncn21)C12CC3CC(CC(C3)C1)C2. The number of aromatic nitrogens is 2. The van der Waals surface area contributed by atoms with E-state index in [0.717, 1.165) is 24.2 Å². The highest BCUT2D eigenvalue weighted by Gasteiger charge is 2.54. The molecule has 2 aromatic rings. The minimum atomic E-state index is -0.188. The Kier molecular flexibility index (Phi) is 2.89. The molecule has 4 saturated carbocycles. The Balaban J connectivity index is 1.33. The molecule has 0 spiro atoms. The van der Waals surface area contributed by atoms with Crippen LogP contribution >= 0.6 is 0 Å². The molecule has 130 valence electrons. The molecule has 2 heterocycles. The fraction of sp³-hybridized carbons (Fsp3) is 0.591. The molecule has 0 amide bonds. The summed E-state index contributed by atoms with van der Waals surface area (Å²) in [6.07, 6.45) is 12.7. The maximum absolute atomic E-state index is 11.4. The lowest BCUT2D eigenvalue weighted by Gasteiger charge is -2.58. The number of aliphatic hydroxyl groups is 1. The average molecular weight is 334 g/mol. The van der Waals surface area contributed by atoms with E-state index in [4.69, 9.17) is 0 Å². The third-order valence-electron chi connectivity index (χ3n) is 7.84. The molecule has 4 fully saturated rings. The second-order valence-corrected chi connectivity index (χ2v) is 9.32. The molecule has 7 rings (SSSR count). The predicted octanol–water partition coefficient (Wildman–Crippen LogP) is 4.42. The summed E-state index contributed by atoms with van der Waals surface area (Å²) in [7, 11) is 0. The first-order chi connectivity index (χ1) is 12.2. The van der Waals surface area contributed by atoms with Crippen molar-refractivity contribution in [1.29, 1.82) is 0 Å². The third-order valence-corrected chi connectivity index (χ3v) is 7.84. The molecule has 4 aliphatic carbocycles. The van der Waals surface area contributed by atoms with E-state index in [0.29, 0.717) is 0 Å². The molecule has 25 heavy (non-hydrogen) atoms. The van der Waals surface area contributed by atoms with E-state index in [9.17, 15) is 5.11 Å². The Bertz CT molecular complexity index is 788. The lowest BCUT2D eigenvalue weighted by atomic mass is 9.48. The summed E-state index contributed by atoms with van der Waals surface area (Å²) in [4.78, 5) is 4.37. The summed E-state index contributed by atoms with van der Waals surface area (Å²) in [5, 5.41) is 11.4. The molecule has 4 bridgehead atoms. The Labute approximate surface area is 149 Å². The van der Waals surface area contributed by atoms with E-state index in [1.54, 1.807) is 0 Å². The minimum absolute atomic E-state index is 0.188. The van der Waals surface area contributed by atoms with E-state index in [1.807, 2.05) is 12.5 Å². The molecule has 2 atom stereocenters. The molecule has 1 aromatic heterocycles. The van der Waals surface area contributed by atoms with Crippen molar-refractivity contribution in [3.05, 3.63) is 42.4 Å². The highest BCUT2D eigenvalue weighted by atomic mass is 16.3. The van der Waals surface area contributed by atoms with E-state index in [2.05, 4.69) is 33.8 Å². The summed E-state index contributed by atoms with van der Waals surface area (Å²) in [5.41, 5.74) is 4.07. The van der Waals surface area contributed by atoms with E-state index in [1.165, 1.54) is 55.3 Å². The highest BCUT2D eigenvalue weighted by molar-refractivity contribution is 5.68. The van der Waals surface area contributed by atoms with Gasteiger partial charge < -0.3 is 9.67 Å². The van der Waals surface area contributed by atoms with Gasteiger partial charge in [-0.15, -0.1) is 0 Å². The zero-order chi connectivity index (χ0) is 16.6. The molecule has 1 aromatic carbocycles. The van der Waals surface area contributed by atoms with Crippen molar-refractivity contribution in [1.82, 2.24) is 9.55 Å². The van der Waals surface area contributed by atoms with Crippen LogP contribution in [-0.4, -0.2) is 20.8 Å². The Morgan fingerprint density at radius 2 is 1.76 bits per heavy atom. The Hall–Kier alpha value is -1.61. The average Bonchev–Trinajstić information content (AvgIpc) is 3.17. The molecule has 0 radical (unpaired) electrons. The van der Waals surface area contributed by atoms with Gasteiger partial charge in [0.2, 0.25) is 0 Å². The number of hydrogen-bond acceptors (Lipinski definition) is 2. The summed E-state index contributed by atoms with van der Waals surface area (Å²) in [6, 6.07) is 8.91. The van der Waals surface area contributed by atoms with E-state index >= 15 is 0 Å². The van der Waals surface area contributed by atoms with Crippen molar-refractivity contribution in [2.75, 3.05) is 0 Å². The Morgan fingerprint density at radius 1 is 1.08 bits per heavy atom. The summed E-state index contributed by atoms with van der Waals surface area (Å²) < 4.78 is 2.29. The van der Waals surface area contributed by atoms with Crippen molar-refractivity contribution >= 4 is 0 Å². The quantitative estimate of drug-likeness (QED) is 0.902. The number of benzene rings is 1. The summed E-state index contributed by atoms with van der Waals surface area (Å²) in [5.74, 6) is 2.67. The number of aliphatic hydroxyl groups excluding tert-OH is 1. The van der Waals surface area contributed by atoms with Crippen LogP contribution in [-0.2, 0) is 0 Å². The predicted molar refractivity (Wildman–Crippen MR) is 97.0 cm³/mol. The summed E-state index contributed by atoms with van der Waals surface area (Å²) in [6.45, 7) is 0. The molecule has 5 aliphatic rings. The van der Waals surface area contributed by atoms with Crippen molar-refractivity contribution in [2.45, 2.75) is 57.1 Å². The molecule has 0 saturated heterocycles. The summed E-state index contributed by atoms with van der Waals surface area (Å²) >= 11 is 0. The fourth-order valence-electron chi connectivity index (χ4n) is 7.22. The monoisotopic (exact) mass is 334 g/mol. The smallest absolute Gasteiger partial charge is 0.0956 e. The first kappa shape index (κ1) is 14.5. The van der Waals surface area contributed by atoms with Crippen LogP contribution in [0.4, 0.5) is 0 Å². The van der Waals surface area contributed by atoms with Crippen molar-refractivity contribution in [3.63, 3.8) is 0 Å². The van der Waals surface area contributed by atoms with Crippen LogP contribution in [0.15, 0.2) is 36.8 Å². The van der Waals surface area contributed by atoms with Crippen LogP contribution < -0.4 is 0 Å². The van der Waals surface area contributed by atoms with Gasteiger partial charge in [-0.1, -0.05) is 24.3 Å². The van der Waals surface area contributed by atoms with Gasteiger partial charge in [-0.25, -0.2) is 4.98 Å².